The van der Waals surface area contributed by atoms with Gasteiger partial charge in [0, 0.05) is 18.1 Å². The summed E-state index contributed by atoms with van der Waals surface area (Å²) in [6, 6.07) is 11.3. The third-order valence-electron chi connectivity index (χ3n) is 5.69. The van der Waals surface area contributed by atoms with Crippen LogP contribution in [0.2, 0.25) is 0 Å². The fourth-order valence-electron chi connectivity index (χ4n) is 4.16. The monoisotopic (exact) mass is 344 g/mol. The highest BCUT2D eigenvalue weighted by Gasteiger charge is 2.33. The van der Waals surface area contributed by atoms with Crippen LogP contribution in [0.25, 0.3) is 0 Å². The van der Waals surface area contributed by atoms with Crippen molar-refractivity contribution in [3.05, 3.63) is 35.9 Å². The first-order chi connectivity index (χ1) is 12.2. The van der Waals surface area contributed by atoms with Crippen LogP contribution in [0.3, 0.4) is 0 Å². The molecule has 0 bridgehead atoms. The lowest BCUT2D eigenvalue weighted by atomic mass is 9.81. The molecular weight excluding hydrogens is 312 g/mol. The summed E-state index contributed by atoms with van der Waals surface area (Å²) in [6.07, 6.45) is 9.86. The Morgan fingerprint density at radius 2 is 1.76 bits per heavy atom. The Morgan fingerprint density at radius 3 is 2.44 bits per heavy atom. The molecule has 0 radical (unpaired) electrons. The van der Waals surface area contributed by atoms with Crippen LogP contribution >= 0.6 is 0 Å². The van der Waals surface area contributed by atoms with Gasteiger partial charge in [-0.1, -0.05) is 50.1 Å². The first kappa shape index (κ1) is 18.2. The van der Waals surface area contributed by atoms with Gasteiger partial charge in [-0.3, -0.25) is 0 Å². The molecule has 0 aromatic heterocycles. The molecule has 4 heteroatoms. The molecule has 138 valence electrons. The second-order valence-corrected chi connectivity index (χ2v) is 7.74. The first-order valence-electron chi connectivity index (χ1n) is 9.96. The van der Waals surface area contributed by atoms with Crippen LogP contribution in [-0.4, -0.2) is 24.2 Å². The Bertz CT molecular complexity index is 520. The summed E-state index contributed by atoms with van der Waals surface area (Å²) in [6.45, 7) is 2.62. The SMILES string of the molecule is CCCC1CCC(NC2CC(NC(=O)OCc3ccccc3)C2)CC1. The Kier molecular flexibility index (Phi) is 6.74. The largest absolute Gasteiger partial charge is 0.445 e. The highest BCUT2D eigenvalue weighted by atomic mass is 16.5. The zero-order valence-corrected chi connectivity index (χ0v) is 15.4. The van der Waals surface area contributed by atoms with Gasteiger partial charge in [-0.15, -0.1) is 0 Å². The van der Waals surface area contributed by atoms with Crippen LogP contribution in [-0.2, 0) is 11.3 Å². The zero-order chi connectivity index (χ0) is 17.5. The Balaban J connectivity index is 1.26. The summed E-state index contributed by atoms with van der Waals surface area (Å²) in [5.41, 5.74) is 1.02. The lowest BCUT2D eigenvalue weighted by molar-refractivity contribution is 0.122. The summed E-state index contributed by atoms with van der Waals surface area (Å²) in [5.74, 6) is 0.957. The van der Waals surface area contributed by atoms with Gasteiger partial charge >= 0.3 is 6.09 Å². The number of hydrogen-bond donors (Lipinski definition) is 2. The summed E-state index contributed by atoms with van der Waals surface area (Å²) in [7, 11) is 0. The van der Waals surface area contributed by atoms with Gasteiger partial charge in [-0.05, 0) is 50.0 Å². The predicted molar refractivity (Wildman–Crippen MR) is 100 cm³/mol. The van der Waals surface area contributed by atoms with Crippen LogP contribution in [0.15, 0.2) is 30.3 Å². The number of hydrogen-bond acceptors (Lipinski definition) is 3. The van der Waals surface area contributed by atoms with E-state index in [2.05, 4.69) is 17.6 Å². The van der Waals surface area contributed by atoms with E-state index in [9.17, 15) is 4.79 Å². The lowest BCUT2D eigenvalue weighted by Gasteiger charge is -2.40. The van der Waals surface area contributed by atoms with Crippen molar-refractivity contribution in [3.8, 4) is 0 Å². The third-order valence-corrected chi connectivity index (χ3v) is 5.69. The molecule has 1 aromatic carbocycles. The number of ether oxygens (including phenoxy) is 1. The molecule has 0 unspecified atom stereocenters. The van der Waals surface area contributed by atoms with Crippen LogP contribution in [0.4, 0.5) is 4.79 Å². The standard InChI is InChI=1S/C21H32N2O2/c1-2-6-16-9-11-18(12-10-16)22-19-13-20(14-19)23-21(24)25-15-17-7-4-3-5-8-17/h3-5,7-8,16,18-20,22H,2,6,9-15H2,1H3,(H,23,24). The van der Waals surface area contributed by atoms with E-state index in [1.54, 1.807) is 0 Å². The predicted octanol–water partition coefficient (Wildman–Crippen LogP) is 4.39. The van der Waals surface area contributed by atoms with Gasteiger partial charge in [0.15, 0.2) is 0 Å². The molecule has 2 saturated carbocycles. The number of benzene rings is 1. The molecule has 2 N–H and O–H groups in total. The van der Waals surface area contributed by atoms with Crippen molar-refractivity contribution in [2.24, 2.45) is 5.92 Å². The van der Waals surface area contributed by atoms with Crippen molar-refractivity contribution >= 4 is 6.09 Å². The number of alkyl carbamates (subject to hydrolysis) is 1. The van der Waals surface area contributed by atoms with Crippen molar-refractivity contribution in [3.63, 3.8) is 0 Å². The van der Waals surface area contributed by atoms with E-state index in [-0.39, 0.29) is 12.1 Å². The van der Waals surface area contributed by atoms with E-state index in [0.717, 1.165) is 24.3 Å². The molecule has 0 atom stereocenters. The fraction of sp³-hybridized carbons (Fsp3) is 0.667. The summed E-state index contributed by atoms with van der Waals surface area (Å²) >= 11 is 0. The van der Waals surface area contributed by atoms with E-state index in [4.69, 9.17) is 4.74 Å². The summed E-state index contributed by atoms with van der Waals surface area (Å²) in [4.78, 5) is 11.9. The van der Waals surface area contributed by atoms with Crippen LogP contribution in [0, 0.1) is 5.92 Å². The van der Waals surface area contributed by atoms with Gasteiger partial charge in [0.2, 0.25) is 0 Å². The zero-order valence-electron chi connectivity index (χ0n) is 15.4. The molecule has 1 aromatic rings. The molecule has 2 fully saturated rings. The summed E-state index contributed by atoms with van der Waals surface area (Å²) < 4.78 is 5.28. The molecule has 2 aliphatic carbocycles. The molecule has 25 heavy (non-hydrogen) atoms. The number of amides is 1. The van der Waals surface area contributed by atoms with E-state index in [1.165, 1.54) is 38.5 Å². The molecule has 4 nitrogen and oxygen atoms in total. The van der Waals surface area contributed by atoms with Crippen molar-refractivity contribution in [1.29, 1.82) is 0 Å². The van der Waals surface area contributed by atoms with Gasteiger partial charge in [0.05, 0.1) is 0 Å². The second kappa shape index (κ2) is 9.23. The quantitative estimate of drug-likeness (QED) is 0.771. The van der Waals surface area contributed by atoms with E-state index < -0.39 is 0 Å². The average Bonchev–Trinajstić information content (AvgIpc) is 2.61. The van der Waals surface area contributed by atoms with Crippen molar-refractivity contribution in [2.45, 2.75) is 83.0 Å². The summed E-state index contributed by atoms with van der Waals surface area (Å²) in [5, 5.41) is 6.76. The van der Waals surface area contributed by atoms with Gasteiger partial charge in [0.1, 0.15) is 6.61 Å². The smallest absolute Gasteiger partial charge is 0.407 e. The number of carbonyl (C=O) groups excluding carboxylic acids is 1. The fourth-order valence-corrected chi connectivity index (χ4v) is 4.16. The number of nitrogens with one attached hydrogen (secondary N) is 2. The Labute approximate surface area is 151 Å². The van der Waals surface area contributed by atoms with Crippen molar-refractivity contribution < 1.29 is 9.53 Å². The Morgan fingerprint density at radius 1 is 1.04 bits per heavy atom. The van der Waals surface area contributed by atoms with Crippen molar-refractivity contribution in [1.82, 2.24) is 10.6 Å². The third kappa shape index (κ3) is 5.74. The van der Waals surface area contributed by atoms with Gasteiger partial charge in [-0.2, -0.15) is 0 Å². The van der Waals surface area contributed by atoms with E-state index >= 15 is 0 Å². The van der Waals surface area contributed by atoms with E-state index in [0.29, 0.717) is 18.7 Å². The van der Waals surface area contributed by atoms with Crippen molar-refractivity contribution in [2.75, 3.05) is 0 Å². The second-order valence-electron chi connectivity index (χ2n) is 7.74. The molecule has 0 saturated heterocycles. The van der Waals surface area contributed by atoms with Gasteiger partial charge < -0.3 is 15.4 Å². The molecule has 2 aliphatic rings. The molecule has 0 heterocycles. The minimum atomic E-state index is -0.299. The maximum Gasteiger partial charge on any atom is 0.407 e. The molecule has 0 aliphatic heterocycles. The van der Waals surface area contributed by atoms with Crippen LogP contribution in [0.1, 0.15) is 63.9 Å². The maximum atomic E-state index is 11.9. The average molecular weight is 344 g/mol. The first-order valence-corrected chi connectivity index (χ1v) is 9.96. The Hall–Kier alpha value is -1.55. The van der Waals surface area contributed by atoms with Crippen LogP contribution in [0.5, 0.6) is 0 Å². The van der Waals surface area contributed by atoms with Gasteiger partial charge in [0.25, 0.3) is 0 Å². The minimum absolute atomic E-state index is 0.261. The maximum absolute atomic E-state index is 11.9. The molecule has 3 rings (SSSR count). The molecule has 0 spiro atoms. The normalized spacial score (nSPS) is 28.8. The number of carbonyl (C=O) groups is 1. The highest BCUT2D eigenvalue weighted by Crippen LogP contribution is 2.29. The minimum Gasteiger partial charge on any atom is -0.445 e. The molecule has 1 amide bonds. The van der Waals surface area contributed by atoms with E-state index in [1.807, 2.05) is 30.3 Å². The topological polar surface area (TPSA) is 50.4 Å². The lowest BCUT2D eigenvalue weighted by Crippen LogP contribution is -2.55. The van der Waals surface area contributed by atoms with Crippen LogP contribution < -0.4 is 10.6 Å². The molecular formula is C21H32N2O2. The number of rotatable bonds is 7. The van der Waals surface area contributed by atoms with Gasteiger partial charge in [-0.25, -0.2) is 4.79 Å². The highest BCUT2D eigenvalue weighted by molar-refractivity contribution is 5.67.